The first-order chi connectivity index (χ1) is 5.39. The van der Waals surface area contributed by atoms with Crippen LogP contribution in [0.3, 0.4) is 0 Å². The molecule has 0 fully saturated rings. The largest absolute Gasteiger partial charge is 0.159 e. The van der Waals surface area contributed by atoms with E-state index in [0.717, 1.165) is 5.69 Å². The average molecular weight is 141 g/mol. The number of nitrogens with zero attached hydrogens (tertiary/aromatic N) is 2. The van der Waals surface area contributed by atoms with Crippen molar-refractivity contribution in [3.8, 4) is 0 Å². The molecule has 1 aromatic heterocycles. The molecule has 0 saturated carbocycles. The van der Waals surface area contributed by atoms with Crippen molar-refractivity contribution in [1.29, 1.82) is 0 Å². The number of hydrogen-bond donors (Lipinski definition) is 0. The molecule has 2 heteroatoms. The Bertz CT molecular complexity index is 142. The lowest BCUT2D eigenvalue weighted by Crippen LogP contribution is -1.79. The van der Waals surface area contributed by atoms with Crippen molar-refractivity contribution in [1.82, 2.24) is 10.2 Å². The molecule has 1 heterocycles. The van der Waals surface area contributed by atoms with E-state index < -0.39 is 0 Å². The summed E-state index contributed by atoms with van der Waals surface area (Å²) in [6, 6.07) is 3.77. The van der Waals surface area contributed by atoms with Gasteiger partial charge in [-0.25, -0.2) is 0 Å². The molecule has 0 unspecified atom stereocenters. The monoisotopic (exact) mass is 141 g/mol. The molecular formula is C8H16N2. The molecule has 0 radical (unpaired) electrons. The summed E-state index contributed by atoms with van der Waals surface area (Å²) in [5, 5.41) is 7.36. The molecule has 0 aliphatic carbocycles. The van der Waals surface area contributed by atoms with Gasteiger partial charge in [-0.1, -0.05) is 21.3 Å². The fourth-order valence-corrected chi connectivity index (χ4v) is 0.379. The molecule has 0 aliphatic heterocycles. The van der Waals surface area contributed by atoms with E-state index in [9.17, 15) is 0 Å². The van der Waals surface area contributed by atoms with E-state index in [1.165, 1.54) is 7.40 Å². The lowest BCUT2D eigenvalue weighted by atomic mass is 10.4. The quantitative estimate of drug-likeness (QED) is 0.554. The van der Waals surface area contributed by atoms with Crippen LogP contribution in [0.15, 0.2) is 18.3 Å². The summed E-state index contributed by atoms with van der Waals surface area (Å²) in [4.78, 5) is 0. The highest BCUT2D eigenvalue weighted by molar-refractivity contribution is 4.94. The molecular weight excluding hydrogens is 124 g/mol. The standard InChI is InChI=1S/C5H6N2.C2H6.CH4/c1-5-3-2-4-6-7-5;1-2;/h2-4H,1H3;1-2H3;1H4/i;;1D. The molecule has 0 amide bonds. The molecule has 1 rings (SSSR count). The first-order valence-corrected chi connectivity index (χ1v) is 3.14. The van der Waals surface area contributed by atoms with Gasteiger partial charge in [0.05, 0.1) is 5.69 Å². The Morgan fingerprint density at radius 3 is 2.30 bits per heavy atom. The Hall–Kier alpha value is -0.920. The zero-order valence-corrected chi connectivity index (χ0v) is 7.13. The summed E-state index contributed by atoms with van der Waals surface area (Å²) in [6.45, 7) is 5.91. The minimum absolute atomic E-state index is 0.961. The SMILES string of the molecule is CC.Cc1cccnn1.[2H]C. The molecule has 58 valence electrons. The fourth-order valence-electron chi connectivity index (χ4n) is 0.379. The third kappa shape index (κ3) is 5.22. The van der Waals surface area contributed by atoms with Crippen molar-refractivity contribution in [3.05, 3.63) is 24.0 Å². The molecule has 0 aliphatic rings. The third-order valence-corrected chi connectivity index (χ3v) is 0.706. The molecule has 0 saturated heterocycles. The molecule has 2 nitrogen and oxygen atoms in total. The van der Waals surface area contributed by atoms with Crippen LogP contribution >= 0.6 is 0 Å². The predicted octanol–water partition coefficient (Wildman–Crippen LogP) is 2.45. The van der Waals surface area contributed by atoms with Crippen LogP contribution in [-0.4, -0.2) is 10.2 Å². The molecule has 1 aromatic rings. The van der Waals surface area contributed by atoms with Gasteiger partial charge in [0.1, 0.15) is 0 Å². The molecule has 0 aromatic carbocycles. The lowest BCUT2D eigenvalue weighted by Gasteiger charge is -1.80. The first kappa shape index (κ1) is 9.08. The normalized spacial score (nSPS) is 7.40. The number of rotatable bonds is 0. The van der Waals surface area contributed by atoms with Crippen LogP contribution in [0.4, 0.5) is 0 Å². The summed E-state index contributed by atoms with van der Waals surface area (Å²) in [5.74, 6) is 0. The summed E-state index contributed by atoms with van der Waals surface area (Å²) < 4.78 is 5.75. The van der Waals surface area contributed by atoms with Crippen molar-refractivity contribution in [2.24, 2.45) is 0 Å². The van der Waals surface area contributed by atoms with Crippen LogP contribution in [0.1, 0.15) is 28.3 Å². The van der Waals surface area contributed by atoms with Gasteiger partial charge in [-0.05, 0) is 19.1 Å². The van der Waals surface area contributed by atoms with E-state index in [4.69, 9.17) is 1.37 Å². The zero-order chi connectivity index (χ0) is 9.11. The molecule has 0 N–H and O–H groups in total. The average Bonchev–Trinajstić information content (AvgIpc) is 2.13. The van der Waals surface area contributed by atoms with Crippen LogP contribution in [0.25, 0.3) is 0 Å². The minimum atomic E-state index is 0.961. The van der Waals surface area contributed by atoms with E-state index in [1.807, 2.05) is 32.9 Å². The third-order valence-electron chi connectivity index (χ3n) is 0.706. The maximum Gasteiger partial charge on any atom is 0.0600 e. The van der Waals surface area contributed by atoms with Crippen LogP contribution in [-0.2, 0) is 0 Å². The van der Waals surface area contributed by atoms with E-state index in [0.29, 0.717) is 0 Å². The first-order valence-electron chi connectivity index (χ1n) is 4.14. The van der Waals surface area contributed by atoms with Gasteiger partial charge in [0, 0.05) is 7.57 Å². The Morgan fingerprint density at radius 1 is 1.50 bits per heavy atom. The highest BCUT2D eigenvalue weighted by Crippen LogP contribution is 1.82. The maximum absolute atomic E-state index is 5.75. The van der Waals surface area contributed by atoms with Crippen molar-refractivity contribution >= 4 is 0 Å². The number of aromatic nitrogens is 2. The minimum Gasteiger partial charge on any atom is -0.159 e. The van der Waals surface area contributed by atoms with Crippen molar-refractivity contribution in [2.75, 3.05) is 0 Å². The van der Waals surface area contributed by atoms with Gasteiger partial charge in [-0.2, -0.15) is 10.2 Å². The van der Waals surface area contributed by atoms with Gasteiger partial charge in [0.25, 0.3) is 0 Å². The molecule has 10 heavy (non-hydrogen) atoms. The second-order valence-electron chi connectivity index (χ2n) is 1.37. The highest BCUT2D eigenvalue weighted by Gasteiger charge is 1.74. The van der Waals surface area contributed by atoms with Gasteiger partial charge in [0.2, 0.25) is 0 Å². The van der Waals surface area contributed by atoms with Gasteiger partial charge in [0.15, 0.2) is 0 Å². The molecule has 0 spiro atoms. The Balaban J connectivity index is 0. The highest BCUT2D eigenvalue weighted by atomic mass is 15.1. The van der Waals surface area contributed by atoms with Crippen LogP contribution in [0, 0.1) is 6.92 Å². The van der Waals surface area contributed by atoms with Gasteiger partial charge < -0.3 is 0 Å². The van der Waals surface area contributed by atoms with Gasteiger partial charge >= 0.3 is 0 Å². The lowest BCUT2D eigenvalue weighted by molar-refractivity contribution is 0.980. The topological polar surface area (TPSA) is 25.8 Å². The zero-order valence-electron chi connectivity index (χ0n) is 8.13. The summed E-state index contributed by atoms with van der Waals surface area (Å²) >= 11 is 0. The van der Waals surface area contributed by atoms with E-state index >= 15 is 0 Å². The summed E-state index contributed by atoms with van der Waals surface area (Å²) in [5.41, 5.74) is 0.961. The van der Waals surface area contributed by atoms with Crippen LogP contribution < -0.4 is 0 Å². The van der Waals surface area contributed by atoms with E-state index in [2.05, 4.69) is 10.2 Å². The second kappa shape index (κ2) is 8.08. The number of aryl methyl sites for hydroxylation is 1. The summed E-state index contributed by atoms with van der Waals surface area (Å²) in [6.07, 6.45) is 1.66. The Kier molecular flexibility index (Phi) is 7.34. The van der Waals surface area contributed by atoms with Crippen LogP contribution in [0.2, 0.25) is 0 Å². The van der Waals surface area contributed by atoms with Crippen molar-refractivity contribution in [2.45, 2.75) is 28.2 Å². The smallest absolute Gasteiger partial charge is 0.0600 e. The maximum atomic E-state index is 5.75. The van der Waals surface area contributed by atoms with Crippen LogP contribution in [0.5, 0.6) is 0 Å². The number of hydrogen-bond acceptors (Lipinski definition) is 2. The Labute approximate surface area is 64.7 Å². The van der Waals surface area contributed by atoms with Gasteiger partial charge in [-0.3, -0.25) is 0 Å². The van der Waals surface area contributed by atoms with Crippen molar-refractivity contribution in [3.63, 3.8) is 0 Å². The van der Waals surface area contributed by atoms with Crippen molar-refractivity contribution < 1.29 is 1.37 Å². The predicted molar refractivity (Wildman–Crippen MR) is 44.8 cm³/mol. The Morgan fingerprint density at radius 2 is 2.10 bits per heavy atom. The van der Waals surface area contributed by atoms with E-state index in [-0.39, 0.29) is 0 Å². The molecule has 0 atom stereocenters. The molecule has 0 bridgehead atoms. The summed E-state index contributed by atoms with van der Waals surface area (Å²) in [7, 11) is 1.25. The second-order valence-corrected chi connectivity index (χ2v) is 1.37. The van der Waals surface area contributed by atoms with E-state index in [1.54, 1.807) is 6.20 Å². The van der Waals surface area contributed by atoms with Gasteiger partial charge in [-0.15, -0.1) is 0 Å². The fraction of sp³-hybridized carbons (Fsp3) is 0.500.